The summed E-state index contributed by atoms with van der Waals surface area (Å²) in [4.78, 5) is 25.2. The Balaban J connectivity index is 2.32. The number of aromatic nitrogens is 1. The first-order chi connectivity index (χ1) is 7.56. The molecule has 1 amide bonds. The number of amides is 1. The zero-order chi connectivity index (χ0) is 11.7. The van der Waals surface area contributed by atoms with E-state index in [0.29, 0.717) is 11.1 Å². The molecule has 84 valence electrons. The fourth-order valence-electron chi connectivity index (χ4n) is 1.44. The second kappa shape index (κ2) is 3.73. The molecule has 1 aromatic heterocycles. The van der Waals surface area contributed by atoms with E-state index in [1.54, 1.807) is 18.2 Å². The molecule has 0 aliphatic heterocycles. The summed E-state index contributed by atoms with van der Waals surface area (Å²) in [6.45, 7) is 0.262. The molecule has 16 heavy (non-hydrogen) atoms. The Hall–Kier alpha value is -2.24. The number of oxazole rings is 1. The van der Waals surface area contributed by atoms with Crippen molar-refractivity contribution in [2.75, 3.05) is 7.05 Å². The summed E-state index contributed by atoms with van der Waals surface area (Å²) in [6, 6.07) is 5.05. The van der Waals surface area contributed by atoms with Crippen molar-refractivity contribution in [1.29, 1.82) is 0 Å². The monoisotopic (exact) mass is 222 g/mol. The molecule has 0 atom stereocenters. The third-order valence-corrected chi connectivity index (χ3v) is 2.23. The average Bonchev–Trinajstić information content (AvgIpc) is 2.57. The topological polar surface area (TPSA) is 86.5 Å². The number of carboxylic acid groups (broad SMARTS) is 1. The van der Waals surface area contributed by atoms with Gasteiger partial charge in [0.15, 0.2) is 5.58 Å². The zero-order valence-corrected chi connectivity index (χ0v) is 8.56. The van der Waals surface area contributed by atoms with Crippen LogP contribution >= 0.6 is 0 Å². The van der Waals surface area contributed by atoms with Gasteiger partial charge in [0.05, 0.1) is 5.52 Å². The highest BCUT2D eigenvalue weighted by Crippen LogP contribution is 2.13. The molecule has 1 heterocycles. The van der Waals surface area contributed by atoms with Crippen LogP contribution in [0.25, 0.3) is 11.1 Å². The van der Waals surface area contributed by atoms with Gasteiger partial charge in [0.1, 0.15) is 0 Å². The summed E-state index contributed by atoms with van der Waals surface area (Å²) >= 11 is 0. The predicted octanol–water partition coefficient (Wildman–Crippen LogP) is 1.23. The molecule has 0 saturated heterocycles. The van der Waals surface area contributed by atoms with E-state index in [1.165, 1.54) is 7.05 Å². The molecule has 0 aliphatic carbocycles. The molecule has 0 aliphatic rings. The molecule has 0 fully saturated rings. The number of fused-ring (bicyclic) bond motifs is 1. The number of benzene rings is 1. The Morgan fingerprint density at radius 1 is 1.56 bits per heavy atom. The van der Waals surface area contributed by atoms with Gasteiger partial charge in [-0.2, -0.15) is 0 Å². The van der Waals surface area contributed by atoms with Gasteiger partial charge in [-0.3, -0.25) is 4.98 Å². The number of rotatable bonds is 2. The van der Waals surface area contributed by atoms with E-state index in [2.05, 4.69) is 4.98 Å². The van der Waals surface area contributed by atoms with Crippen molar-refractivity contribution >= 4 is 17.2 Å². The van der Waals surface area contributed by atoms with Gasteiger partial charge in [0.2, 0.25) is 0 Å². The van der Waals surface area contributed by atoms with Crippen LogP contribution in [0.3, 0.4) is 0 Å². The maximum absolute atomic E-state index is 10.9. The lowest BCUT2D eigenvalue weighted by molar-refractivity contribution is 0.154. The number of hydrogen-bond donors (Lipinski definition) is 2. The average molecular weight is 222 g/mol. The smallest absolute Gasteiger partial charge is 0.417 e. The Kier molecular flexibility index (Phi) is 2.40. The molecular weight excluding hydrogens is 212 g/mol. The minimum Gasteiger partial charge on any atom is -0.465 e. The summed E-state index contributed by atoms with van der Waals surface area (Å²) < 4.78 is 4.83. The number of H-pyrrole nitrogens is 1. The Labute approximate surface area is 90.1 Å². The maximum Gasteiger partial charge on any atom is 0.417 e. The fourth-order valence-corrected chi connectivity index (χ4v) is 1.44. The van der Waals surface area contributed by atoms with Crippen LogP contribution in [0.5, 0.6) is 0 Å². The standard InChI is InChI=1S/C10H10N2O4/c1-12(10(14)15)5-6-2-3-8-7(4-6)11-9(13)16-8/h2-4H,5H2,1H3,(H,11,13)(H,14,15). The zero-order valence-electron chi connectivity index (χ0n) is 8.56. The molecule has 1 aromatic carbocycles. The normalized spacial score (nSPS) is 10.6. The number of carbonyl (C=O) groups is 1. The number of nitrogens with zero attached hydrogens (tertiary/aromatic N) is 1. The van der Waals surface area contributed by atoms with Crippen LogP contribution in [0.15, 0.2) is 27.4 Å². The summed E-state index contributed by atoms with van der Waals surface area (Å²) in [5.41, 5.74) is 1.82. The van der Waals surface area contributed by atoms with Gasteiger partial charge in [0, 0.05) is 13.6 Å². The van der Waals surface area contributed by atoms with E-state index in [0.717, 1.165) is 10.5 Å². The van der Waals surface area contributed by atoms with Crippen LogP contribution in [-0.2, 0) is 6.54 Å². The van der Waals surface area contributed by atoms with Crippen molar-refractivity contribution < 1.29 is 14.3 Å². The first-order valence-electron chi connectivity index (χ1n) is 4.62. The fraction of sp³-hybridized carbons (Fsp3) is 0.200. The molecule has 6 nitrogen and oxygen atoms in total. The van der Waals surface area contributed by atoms with Gasteiger partial charge >= 0.3 is 11.8 Å². The maximum atomic E-state index is 10.9. The molecule has 2 N–H and O–H groups in total. The van der Waals surface area contributed by atoms with Gasteiger partial charge in [0.25, 0.3) is 0 Å². The first-order valence-corrected chi connectivity index (χ1v) is 4.62. The van der Waals surface area contributed by atoms with Crippen molar-refractivity contribution in [3.8, 4) is 0 Å². The van der Waals surface area contributed by atoms with E-state index in [9.17, 15) is 9.59 Å². The number of nitrogens with one attached hydrogen (secondary N) is 1. The molecule has 0 unspecified atom stereocenters. The largest absolute Gasteiger partial charge is 0.465 e. The third-order valence-electron chi connectivity index (χ3n) is 2.23. The van der Waals surface area contributed by atoms with E-state index >= 15 is 0 Å². The molecule has 0 spiro atoms. The molecule has 0 bridgehead atoms. The summed E-state index contributed by atoms with van der Waals surface area (Å²) in [5.74, 6) is -0.515. The first kappa shape index (κ1) is 10.3. The predicted molar refractivity (Wildman–Crippen MR) is 56.3 cm³/mol. The van der Waals surface area contributed by atoms with Crippen molar-refractivity contribution in [2.24, 2.45) is 0 Å². The second-order valence-electron chi connectivity index (χ2n) is 3.48. The molecule has 2 aromatic rings. The summed E-state index contributed by atoms with van der Waals surface area (Å²) in [5, 5.41) is 8.71. The van der Waals surface area contributed by atoms with Gasteiger partial charge in [-0.1, -0.05) is 6.07 Å². The number of aromatic amines is 1. The van der Waals surface area contributed by atoms with Crippen LogP contribution in [0, 0.1) is 0 Å². The van der Waals surface area contributed by atoms with Crippen LogP contribution in [0.4, 0.5) is 4.79 Å². The summed E-state index contributed by atoms with van der Waals surface area (Å²) in [7, 11) is 1.48. The van der Waals surface area contributed by atoms with Crippen LogP contribution in [0.1, 0.15) is 5.56 Å². The van der Waals surface area contributed by atoms with Crippen molar-refractivity contribution in [3.05, 3.63) is 34.3 Å². The Morgan fingerprint density at radius 3 is 3.00 bits per heavy atom. The van der Waals surface area contributed by atoms with Crippen molar-refractivity contribution in [2.45, 2.75) is 6.54 Å². The van der Waals surface area contributed by atoms with E-state index < -0.39 is 11.8 Å². The SMILES string of the molecule is CN(Cc1ccc2oc(=O)[nH]c2c1)C(=O)O. The third kappa shape index (κ3) is 1.90. The highest BCUT2D eigenvalue weighted by Gasteiger charge is 2.07. The molecule has 6 heteroatoms. The van der Waals surface area contributed by atoms with Crippen LogP contribution in [-0.4, -0.2) is 28.1 Å². The lowest BCUT2D eigenvalue weighted by Gasteiger charge is -2.12. The van der Waals surface area contributed by atoms with Crippen molar-refractivity contribution in [3.63, 3.8) is 0 Å². The van der Waals surface area contributed by atoms with Crippen LogP contribution < -0.4 is 5.76 Å². The summed E-state index contributed by atoms with van der Waals surface area (Å²) in [6.07, 6.45) is -0.999. The minimum absolute atomic E-state index is 0.262. The molecule has 2 rings (SSSR count). The van der Waals surface area contributed by atoms with E-state index in [-0.39, 0.29) is 6.54 Å². The van der Waals surface area contributed by atoms with Gasteiger partial charge in [-0.15, -0.1) is 0 Å². The highest BCUT2D eigenvalue weighted by atomic mass is 16.4. The van der Waals surface area contributed by atoms with Gasteiger partial charge < -0.3 is 14.4 Å². The van der Waals surface area contributed by atoms with Gasteiger partial charge in [-0.25, -0.2) is 9.59 Å². The Morgan fingerprint density at radius 2 is 2.31 bits per heavy atom. The molecule has 0 saturated carbocycles. The quantitative estimate of drug-likeness (QED) is 0.800. The van der Waals surface area contributed by atoms with E-state index in [4.69, 9.17) is 9.52 Å². The van der Waals surface area contributed by atoms with Gasteiger partial charge in [-0.05, 0) is 17.7 Å². The molecular formula is C10H10N2O4. The molecule has 0 radical (unpaired) electrons. The van der Waals surface area contributed by atoms with Crippen molar-refractivity contribution in [1.82, 2.24) is 9.88 Å². The lowest BCUT2D eigenvalue weighted by atomic mass is 10.2. The highest BCUT2D eigenvalue weighted by molar-refractivity contribution is 5.73. The minimum atomic E-state index is -0.999. The van der Waals surface area contributed by atoms with E-state index in [1.807, 2.05) is 0 Å². The Bertz CT molecular complexity index is 584. The lowest BCUT2D eigenvalue weighted by Crippen LogP contribution is -2.23. The second-order valence-corrected chi connectivity index (χ2v) is 3.48. The number of hydrogen-bond acceptors (Lipinski definition) is 3. The van der Waals surface area contributed by atoms with Crippen LogP contribution in [0.2, 0.25) is 0 Å².